The maximum atomic E-state index is 8.75. The van der Waals surface area contributed by atoms with Crippen LogP contribution in [0.25, 0.3) is 12.2 Å². The molecule has 2 unspecified atom stereocenters. The number of unbranched alkanes of at least 4 members (excludes halogenated alkanes) is 10. The van der Waals surface area contributed by atoms with Crippen molar-refractivity contribution in [2.24, 2.45) is 0 Å². The van der Waals surface area contributed by atoms with Crippen LogP contribution in [0.2, 0.25) is 24.2 Å². The molecule has 2 atom stereocenters. The molecule has 0 saturated heterocycles. The number of rotatable bonds is 21. The van der Waals surface area contributed by atoms with Crippen molar-refractivity contribution in [2.45, 2.75) is 122 Å². The minimum absolute atomic E-state index is 0.152. The van der Waals surface area contributed by atoms with E-state index in [-0.39, 0.29) is 7.25 Å². The van der Waals surface area contributed by atoms with E-state index in [4.69, 9.17) is 83.5 Å². The van der Waals surface area contributed by atoms with Crippen molar-refractivity contribution in [1.29, 1.82) is 0 Å². The Hall–Kier alpha value is 1.77. The molecule has 0 saturated carbocycles. The Balaban J connectivity index is 1.58. The van der Waals surface area contributed by atoms with Gasteiger partial charge in [-0.3, -0.25) is 0 Å². The molecule has 0 radical (unpaired) electrons. The first-order chi connectivity index (χ1) is 22.6. The third-order valence-electron chi connectivity index (χ3n) is 10.7. The van der Waals surface area contributed by atoms with Gasteiger partial charge in [-0.05, 0) is 0 Å². The zero-order valence-corrected chi connectivity index (χ0v) is 40.0. The van der Waals surface area contributed by atoms with Crippen molar-refractivity contribution in [3.8, 4) is 0 Å². The number of benzene rings is 2. The Labute approximate surface area is 329 Å². The number of hydrogen-bond acceptors (Lipinski definition) is 0. The summed E-state index contributed by atoms with van der Waals surface area (Å²) in [5.74, 6) is -1.69. The third-order valence-corrected chi connectivity index (χ3v) is 64.7. The van der Waals surface area contributed by atoms with Crippen LogP contribution >= 0.6 is 83.5 Å². The van der Waals surface area contributed by atoms with Gasteiger partial charge in [0.2, 0.25) is 0 Å². The van der Waals surface area contributed by atoms with Crippen molar-refractivity contribution in [3.05, 3.63) is 81.9 Å². The number of halogens is 8. The summed E-state index contributed by atoms with van der Waals surface area (Å²) in [5.41, 5.74) is 8.09. The first-order valence-electron chi connectivity index (χ1n) is 17.9. The standard InChI is InChI=1S/C16H33Cl6Si3.2C10H9.2ClH.Zr/c17-24(18,19)15-11-7-3-1-5-9-13-23-14-10-6-2-4-8-12-16-25(20,21)22;2*1-8-6-9-4-2-3-5-10(9)7-8;;;/h23H,1-16H2;2*2-7H,1H3;2*1H;/q;;;;;+2/p-2. The average Bonchev–Trinajstić information content (AvgIpc) is 3.53. The maximum absolute atomic E-state index is 8.75. The number of fused-ring (bicyclic) bond motifs is 2. The summed E-state index contributed by atoms with van der Waals surface area (Å²) in [6, 6.07) is 16.7. The molecule has 0 spiro atoms. The van der Waals surface area contributed by atoms with Crippen LogP contribution < -0.4 is 0 Å². The van der Waals surface area contributed by atoms with E-state index in [1.807, 2.05) is 0 Å². The van der Waals surface area contributed by atoms with Crippen molar-refractivity contribution < 1.29 is 15.6 Å². The quantitative estimate of drug-likeness (QED) is 0.0665. The summed E-state index contributed by atoms with van der Waals surface area (Å²) in [4.78, 5) is 0. The predicted octanol–water partition coefficient (Wildman–Crippen LogP) is 16.0. The molecule has 0 nitrogen and oxygen atoms in total. The van der Waals surface area contributed by atoms with Crippen LogP contribution in [0.3, 0.4) is 0 Å². The van der Waals surface area contributed by atoms with E-state index >= 15 is 0 Å². The first-order valence-corrected chi connectivity index (χ1v) is 44.0. The molecular formula is C36H51Cl8Si3Zr. The Kier molecular flexibility index (Phi) is 16.7. The SMILES string of the molecule is CC1=Cc2ccccc2[CH]1[Zr]([Cl])([Cl])([CH]1C(C)=Cc2ccccc21)[SiH](CCCCCCCC[Si](Cl)(Cl)Cl)CCCCCCCC[Si](Cl)(Cl)Cl. The van der Waals surface area contributed by atoms with Gasteiger partial charge in [0, 0.05) is 0 Å². The van der Waals surface area contributed by atoms with Crippen LogP contribution in [0.15, 0.2) is 59.7 Å². The molecule has 0 heterocycles. The normalized spacial score (nSPS) is 18.8. The van der Waals surface area contributed by atoms with Crippen LogP contribution in [-0.2, 0) is 15.6 Å². The molecule has 2 aliphatic rings. The second-order valence-electron chi connectivity index (χ2n) is 14.4. The summed E-state index contributed by atoms with van der Waals surface area (Å²) < 4.78 is 0.304. The second kappa shape index (κ2) is 18.9. The van der Waals surface area contributed by atoms with Gasteiger partial charge >= 0.3 is 333 Å². The van der Waals surface area contributed by atoms with Crippen LogP contribution in [0, 0.1) is 0 Å². The van der Waals surface area contributed by atoms with Gasteiger partial charge in [0.05, 0.1) is 0 Å². The summed E-state index contributed by atoms with van der Waals surface area (Å²) in [5, 5.41) is 0. The van der Waals surface area contributed by atoms with Crippen molar-refractivity contribution in [3.63, 3.8) is 0 Å². The molecule has 267 valence electrons. The average molecular weight is 943 g/mol. The van der Waals surface area contributed by atoms with Gasteiger partial charge in [0.1, 0.15) is 0 Å². The predicted molar refractivity (Wildman–Crippen MR) is 226 cm³/mol. The van der Waals surface area contributed by atoms with Gasteiger partial charge in [-0.15, -0.1) is 0 Å². The molecule has 0 fully saturated rings. The molecule has 12 heteroatoms. The molecule has 0 N–H and O–H groups in total. The Morgan fingerprint density at radius 3 is 1.23 bits per heavy atom. The molecule has 4 rings (SSSR count). The number of allylic oxidation sites excluding steroid dienone is 2. The first kappa shape index (κ1) is 42.5. The summed E-state index contributed by atoms with van der Waals surface area (Å²) in [6.45, 7) is 4.60. The summed E-state index contributed by atoms with van der Waals surface area (Å²) in [6.07, 6.45) is 18.7. The summed E-state index contributed by atoms with van der Waals surface area (Å²) in [7, 11) is 17.5. The fourth-order valence-corrected chi connectivity index (χ4v) is 63.9. The van der Waals surface area contributed by atoms with E-state index in [0.29, 0.717) is 0 Å². The molecule has 0 amide bonds. The minimum atomic E-state index is -4.79. The molecular weight excluding hydrogens is 892 g/mol. The number of hydrogen-bond donors (Lipinski definition) is 0. The molecule has 2 aromatic carbocycles. The van der Waals surface area contributed by atoms with Crippen molar-refractivity contribution in [1.82, 2.24) is 0 Å². The molecule has 0 aromatic heterocycles. The van der Waals surface area contributed by atoms with Crippen LogP contribution in [0.1, 0.15) is 120 Å². The van der Waals surface area contributed by atoms with Gasteiger partial charge < -0.3 is 0 Å². The van der Waals surface area contributed by atoms with E-state index in [0.717, 1.165) is 37.8 Å². The van der Waals surface area contributed by atoms with E-state index in [9.17, 15) is 0 Å². The third kappa shape index (κ3) is 11.4. The Bertz CT molecular complexity index is 1320. The van der Waals surface area contributed by atoms with Gasteiger partial charge in [-0.25, -0.2) is 0 Å². The Morgan fingerprint density at radius 2 is 0.854 bits per heavy atom. The second-order valence-corrected chi connectivity index (χ2v) is 73.2. The molecule has 2 aliphatic carbocycles. The molecule has 2 aromatic rings. The topological polar surface area (TPSA) is 0 Å². The van der Waals surface area contributed by atoms with Gasteiger partial charge in [0.25, 0.3) is 0 Å². The van der Waals surface area contributed by atoms with Crippen LogP contribution in [0.5, 0.6) is 0 Å². The fourth-order valence-electron chi connectivity index (χ4n) is 8.60. The molecule has 48 heavy (non-hydrogen) atoms. The van der Waals surface area contributed by atoms with Crippen LogP contribution in [0.4, 0.5) is 0 Å². The van der Waals surface area contributed by atoms with Gasteiger partial charge in [-0.1, -0.05) is 0 Å². The molecule has 0 bridgehead atoms. The van der Waals surface area contributed by atoms with Gasteiger partial charge in [0.15, 0.2) is 0 Å². The van der Waals surface area contributed by atoms with Crippen LogP contribution in [-0.4, -0.2) is 17.9 Å². The van der Waals surface area contributed by atoms with Gasteiger partial charge in [-0.2, -0.15) is 0 Å². The van der Waals surface area contributed by atoms with E-state index in [2.05, 4.69) is 74.5 Å². The zero-order chi connectivity index (χ0) is 35.0. The van der Waals surface area contributed by atoms with Crippen molar-refractivity contribution >= 4 is 114 Å². The van der Waals surface area contributed by atoms with E-state index in [1.54, 1.807) is 0 Å². The zero-order valence-electron chi connectivity index (χ0n) is 28.3. The monoisotopic (exact) mass is 937 g/mol. The summed E-state index contributed by atoms with van der Waals surface area (Å²) >= 11 is 31.9. The molecule has 0 aliphatic heterocycles. The Morgan fingerprint density at radius 1 is 0.521 bits per heavy atom. The van der Waals surface area contributed by atoms with E-state index in [1.165, 1.54) is 96.9 Å². The fraction of sp³-hybridized carbons (Fsp3) is 0.556. The van der Waals surface area contributed by atoms with Crippen molar-refractivity contribution in [2.75, 3.05) is 0 Å². The van der Waals surface area contributed by atoms with E-state index < -0.39 is 33.5 Å².